The van der Waals surface area contributed by atoms with Crippen molar-refractivity contribution in [3.8, 4) is 5.75 Å². The zero-order valence-corrected chi connectivity index (χ0v) is 11.2. The van der Waals surface area contributed by atoms with E-state index in [-0.39, 0.29) is 18.6 Å². The zero-order valence-electron chi connectivity index (χ0n) is 11.2. The first-order valence-electron chi connectivity index (χ1n) is 6.18. The number of hydrogen-bond acceptors (Lipinski definition) is 3. The molecule has 1 amide bonds. The number of nitrogens with one attached hydrogen (secondary N) is 1. The number of aliphatic hydroxyl groups is 1. The molecule has 0 spiro atoms. The molecule has 0 aliphatic carbocycles. The van der Waals surface area contributed by atoms with E-state index in [9.17, 15) is 4.79 Å². The maximum Gasteiger partial charge on any atom is 0.251 e. The van der Waals surface area contributed by atoms with Crippen molar-refractivity contribution in [2.45, 2.75) is 32.7 Å². The molecule has 18 heavy (non-hydrogen) atoms. The molecule has 1 aromatic rings. The summed E-state index contributed by atoms with van der Waals surface area (Å²) in [5.74, 6) is 0.575. The molecule has 4 heteroatoms. The Bertz CT molecular complexity index is 404. The van der Waals surface area contributed by atoms with Gasteiger partial charge in [-0.05, 0) is 37.5 Å². The monoisotopic (exact) mass is 251 g/mol. The van der Waals surface area contributed by atoms with Crippen LogP contribution in [0.1, 0.15) is 35.7 Å². The third kappa shape index (κ3) is 3.74. The number of methoxy groups -OCH3 is 1. The molecule has 0 fully saturated rings. The number of aliphatic hydroxyl groups excluding tert-OH is 1. The molecule has 0 heterocycles. The average molecular weight is 251 g/mol. The minimum Gasteiger partial charge on any atom is -0.496 e. The van der Waals surface area contributed by atoms with Gasteiger partial charge in [-0.2, -0.15) is 0 Å². The van der Waals surface area contributed by atoms with Crippen molar-refractivity contribution in [1.82, 2.24) is 5.32 Å². The third-order valence-corrected chi connectivity index (χ3v) is 2.98. The lowest BCUT2D eigenvalue weighted by molar-refractivity contribution is 0.0928. The number of benzene rings is 1. The zero-order chi connectivity index (χ0) is 13.5. The number of rotatable bonds is 6. The van der Waals surface area contributed by atoms with Crippen LogP contribution in [-0.2, 0) is 0 Å². The molecule has 2 N–H and O–H groups in total. The maximum atomic E-state index is 12.0. The Hall–Kier alpha value is -1.55. The molecule has 0 saturated carbocycles. The molecule has 4 nitrogen and oxygen atoms in total. The largest absolute Gasteiger partial charge is 0.496 e. The van der Waals surface area contributed by atoms with E-state index in [1.165, 1.54) is 0 Å². The summed E-state index contributed by atoms with van der Waals surface area (Å²) in [5.41, 5.74) is 1.57. The maximum absolute atomic E-state index is 12.0. The van der Waals surface area contributed by atoms with Gasteiger partial charge in [-0.25, -0.2) is 0 Å². The summed E-state index contributed by atoms with van der Waals surface area (Å²) in [4.78, 5) is 12.0. The van der Waals surface area contributed by atoms with Crippen LogP contribution in [-0.4, -0.2) is 30.8 Å². The fourth-order valence-electron chi connectivity index (χ4n) is 1.76. The number of carbonyl (C=O) groups excluding carboxylic acids is 1. The quantitative estimate of drug-likeness (QED) is 0.811. The molecule has 100 valence electrons. The summed E-state index contributed by atoms with van der Waals surface area (Å²) in [6.07, 6.45) is 1.38. The number of aryl methyl sites for hydroxylation is 1. The molecule has 1 unspecified atom stereocenters. The van der Waals surface area contributed by atoms with E-state index in [1.54, 1.807) is 19.2 Å². The summed E-state index contributed by atoms with van der Waals surface area (Å²) in [6.45, 7) is 3.99. The predicted molar refractivity (Wildman–Crippen MR) is 71.0 cm³/mol. The van der Waals surface area contributed by atoms with Gasteiger partial charge in [-0.1, -0.05) is 13.0 Å². The van der Waals surface area contributed by atoms with Crippen molar-refractivity contribution in [3.63, 3.8) is 0 Å². The van der Waals surface area contributed by atoms with E-state index in [0.29, 0.717) is 17.7 Å². The van der Waals surface area contributed by atoms with Gasteiger partial charge >= 0.3 is 0 Å². The molecule has 1 aromatic carbocycles. The number of hydrogen-bond donors (Lipinski definition) is 2. The molecular weight excluding hydrogens is 230 g/mol. The van der Waals surface area contributed by atoms with Gasteiger partial charge in [-0.3, -0.25) is 4.79 Å². The number of carbonyl (C=O) groups is 1. The Morgan fingerprint density at radius 2 is 2.22 bits per heavy atom. The van der Waals surface area contributed by atoms with E-state index in [0.717, 1.165) is 12.0 Å². The fraction of sp³-hybridized carbons (Fsp3) is 0.500. The Kier molecular flexibility index (Phi) is 5.65. The molecule has 0 radical (unpaired) electrons. The van der Waals surface area contributed by atoms with Gasteiger partial charge in [-0.15, -0.1) is 0 Å². The molecule has 0 aliphatic heterocycles. The SMILES string of the molecule is CCC(CCO)NC(=O)c1ccc(C)c(OC)c1. The van der Waals surface area contributed by atoms with E-state index in [2.05, 4.69) is 5.32 Å². The molecule has 1 rings (SSSR count). The van der Waals surface area contributed by atoms with Gasteiger partial charge in [0.25, 0.3) is 5.91 Å². The minimum absolute atomic E-state index is 0.00907. The molecule has 0 aliphatic rings. The van der Waals surface area contributed by atoms with Crippen molar-refractivity contribution in [2.75, 3.05) is 13.7 Å². The van der Waals surface area contributed by atoms with Crippen molar-refractivity contribution in [2.24, 2.45) is 0 Å². The van der Waals surface area contributed by atoms with Crippen molar-refractivity contribution in [1.29, 1.82) is 0 Å². The van der Waals surface area contributed by atoms with Crippen LogP contribution in [0, 0.1) is 6.92 Å². The van der Waals surface area contributed by atoms with E-state index >= 15 is 0 Å². The summed E-state index contributed by atoms with van der Waals surface area (Å²) in [5, 5.41) is 11.8. The molecule has 0 aromatic heterocycles. The van der Waals surface area contributed by atoms with Crippen molar-refractivity contribution >= 4 is 5.91 Å². The Morgan fingerprint density at radius 3 is 2.78 bits per heavy atom. The predicted octanol–water partition coefficient (Wildman–Crippen LogP) is 1.89. The minimum atomic E-state index is -0.131. The molecular formula is C14H21NO3. The average Bonchev–Trinajstić information content (AvgIpc) is 2.38. The summed E-state index contributed by atoms with van der Waals surface area (Å²) in [7, 11) is 1.59. The third-order valence-electron chi connectivity index (χ3n) is 2.98. The summed E-state index contributed by atoms with van der Waals surface area (Å²) >= 11 is 0. The van der Waals surface area contributed by atoms with Crippen molar-refractivity contribution < 1.29 is 14.6 Å². The highest BCUT2D eigenvalue weighted by molar-refractivity contribution is 5.94. The first-order chi connectivity index (χ1) is 8.62. The highest BCUT2D eigenvalue weighted by atomic mass is 16.5. The molecule has 1 atom stereocenters. The lowest BCUT2D eigenvalue weighted by atomic mass is 10.1. The summed E-state index contributed by atoms with van der Waals surface area (Å²) < 4.78 is 5.19. The highest BCUT2D eigenvalue weighted by Crippen LogP contribution is 2.19. The van der Waals surface area contributed by atoms with Crippen LogP contribution in [0.2, 0.25) is 0 Å². The molecule has 0 saturated heterocycles. The second kappa shape index (κ2) is 7.01. The normalized spacial score (nSPS) is 12.0. The van der Waals surface area contributed by atoms with Crippen molar-refractivity contribution in [3.05, 3.63) is 29.3 Å². The smallest absolute Gasteiger partial charge is 0.251 e. The lowest BCUT2D eigenvalue weighted by Crippen LogP contribution is -2.35. The second-order valence-corrected chi connectivity index (χ2v) is 4.28. The summed E-state index contributed by atoms with van der Waals surface area (Å²) in [6, 6.07) is 5.38. The van der Waals surface area contributed by atoms with Gasteiger partial charge in [0, 0.05) is 18.2 Å². The number of ether oxygens (including phenoxy) is 1. The van der Waals surface area contributed by atoms with Crippen LogP contribution in [0.4, 0.5) is 0 Å². The van der Waals surface area contributed by atoms with Gasteiger partial charge in [0.15, 0.2) is 0 Å². The standard InChI is InChI=1S/C14H21NO3/c1-4-12(7-8-16)15-14(17)11-6-5-10(2)13(9-11)18-3/h5-6,9,12,16H,4,7-8H2,1-3H3,(H,15,17). The lowest BCUT2D eigenvalue weighted by Gasteiger charge is -2.16. The van der Waals surface area contributed by atoms with E-state index in [4.69, 9.17) is 9.84 Å². The Balaban J connectivity index is 2.77. The first-order valence-corrected chi connectivity index (χ1v) is 6.18. The first kappa shape index (κ1) is 14.5. The highest BCUT2D eigenvalue weighted by Gasteiger charge is 2.13. The van der Waals surface area contributed by atoms with Crippen LogP contribution < -0.4 is 10.1 Å². The van der Waals surface area contributed by atoms with Crippen LogP contribution in [0.25, 0.3) is 0 Å². The van der Waals surface area contributed by atoms with Gasteiger partial charge in [0.2, 0.25) is 0 Å². The van der Waals surface area contributed by atoms with Crippen LogP contribution in [0.3, 0.4) is 0 Å². The van der Waals surface area contributed by atoms with Crippen LogP contribution in [0.15, 0.2) is 18.2 Å². The number of amides is 1. The molecule has 0 bridgehead atoms. The van der Waals surface area contributed by atoms with Gasteiger partial charge < -0.3 is 15.2 Å². The van der Waals surface area contributed by atoms with Crippen LogP contribution >= 0.6 is 0 Å². The Morgan fingerprint density at radius 1 is 1.50 bits per heavy atom. The van der Waals surface area contributed by atoms with E-state index in [1.807, 2.05) is 19.9 Å². The Labute approximate surface area is 108 Å². The van der Waals surface area contributed by atoms with E-state index < -0.39 is 0 Å². The fourth-order valence-corrected chi connectivity index (χ4v) is 1.76. The van der Waals surface area contributed by atoms with Gasteiger partial charge in [0.1, 0.15) is 5.75 Å². The second-order valence-electron chi connectivity index (χ2n) is 4.28. The van der Waals surface area contributed by atoms with Crippen LogP contribution in [0.5, 0.6) is 5.75 Å². The topological polar surface area (TPSA) is 58.6 Å². The van der Waals surface area contributed by atoms with Gasteiger partial charge in [0.05, 0.1) is 7.11 Å².